The van der Waals surface area contributed by atoms with Gasteiger partial charge >= 0.3 is 0 Å². The first kappa shape index (κ1) is 11.2. The Bertz CT molecular complexity index is 691. The average molecular weight is 258 g/mol. The summed E-state index contributed by atoms with van der Waals surface area (Å²) in [5.74, 6) is 0.579. The molecule has 5 heteroatoms. The molecule has 0 atom stereocenters. The largest absolute Gasteiger partial charge is 0.382 e. The normalized spacial score (nSPS) is 11.2. The second-order valence-electron chi connectivity index (χ2n) is 4.31. The molecule has 0 aliphatic carbocycles. The van der Waals surface area contributed by atoms with Crippen molar-refractivity contribution in [1.82, 2.24) is 14.8 Å². The molecular formula is C13H14N4S. The number of aromatic nitrogens is 3. The van der Waals surface area contributed by atoms with Crippen molar-refractivity contribution in [2.45, 2.75) is 20.4 Å². The number of nitrogens with two attached hydrogens (primary N) is 1. The highest BCUT2D eigenvalue weighted by molar-refractivity contribution is 7.11. The average Bonchev–Trinajstić information content (AvgIpc) is 2.83. The standard InChI is InChI=1S/C13H14N4S/c1-8-9(2)18-12(15-8)7-17-11-6-4-3-5-10(11)13(14)16-17/h3-6H,7H2,1-2H3,(H2,14,16). The molecule has 0 saturated heterocycles. The van der Waals surface area contributed by atoms with E-state index in [0.29, 0.717) is 12.4 Å². The van der Waals surface area contributed by atoms with Crippen LogP contribution >= 0.6 is 11.3 Å². The number of thiazole rings is 1. The maximum absolute atomic E-state index is 5.92. The van der Waals surface area contributed by atoms with Crippen molar-refractivity contribution in [3.8, 4) is 0 Å². The summed E-state index contributed by atoms with van der Waals surface area (Å²) in [6, 6.07) is 8.00. The maximum atomic E-state index is 5.92. The second-order valence-corrected chi connectivity index (χ2v) is 5.60. The van der Waals surface area contributed by atoms with Crippen LogP contribution in [-0.4, -0.2) is 14.8 Å². The van der Waals surface area contributed by atoms with Crippen molar-refractivity contribution in [2.24, 2.45) is 0 Å². The van der Waals surface area contributed by atoms with E-state index in [1.54, 1.807) is 11.3 Å². The third-order valence-electron chi connectivity index (χ3n) is 3.04. The van der Waals surface area contributed by atoms with Gasteiger partial charge in [0.1, 0.15) is 5.01 Å². The Morgan fingerprint density at radius 2 is 2.06 bits per heavy atom. The Morgan fingerprint density at radius 1 is 1.28 bits per heavy atom. The zero-order valence-electron chi connectivity index (χ0n) is 10.3. The van der Waals surface area contributed by atoms with Crippen LogP contribution in [0.4, 0.5) is 5.82 Å². The molecule has 18 heavy (non-hydrogen) atoms. The maximum Gasteiger partial charge on any atom is 0.153 e. The third-order valence-corrected chi connectivity index (χ3v) is 4.10. The van der Waals surface area contributed by atoms with Crippen LogP contribution in [0, 0.1) is 13.8 Å². The fourth-order valence-electron chi connectivity index (χ4n) is 2.01. The van der Waals surface area contributed by atoms with Crippen LogP contribution in [0.25, 0.3) is 10.9 Å². The van der Waals surface area contributed by atoms with E-state index in [1.165, 1.54) is 4.88 Å². The Labute approximate surface area is 109 Å². The SMILES string of the molecule is Cc1nc(Cn2nc(N)c3ccccc32)sc1C. The van der Waals surface area contributed by atoms with E-state index in [0.717, 1.165) is 21.6 Å². The number of benzene rings is 1. The molecule has 0 bridgehead atoms. The highest BCUT2D eigenvalue weighted by Crippen LogP contribution is 2.23. The van der Waals surface area contributed by atoms with Crippen molar-refractivity contribution >= 4 is 28.1 Å². The van der Waals surface area contributed by atoms with E-state index in [4.69, 9.17) is 5.73 Å². The van der Waals surface area contributed by atoms with Gasteiger partial charge in [-0.3, -0.25) is 4.68 Å². The van der Waals surface area contributed by atoms with Gasteiger partial charge in [0.05, 0.1) is 17.8 Å². The van der Waals surface area contributed by atoms with Crippen molar-refractivity contribution in [1.29, 1.82) is 0 Å². The van der Waals surface area contributed by atoms with Crippen LogP contribution in [0.2, 0.25) is 0 Å². The number of para-hydroxylation sites is 1. The molecule has 3 aromatic rings. The minimum Gasteiger partial charge on any atom is -0.382 e. The Balaban J connectivity index is 2.05. The lowest BCUT2D eigenvalue weighted by atomic mass is 10.2. The lowest BCUT2D eigenvalue weighted by molar-refractivity contribution is 0.710. The van der Waals surface area contributed by atoms with Gasteiger partial charge in [0, 0.05) is 10.3 Å². The van der Waals surface area contributed by atoms with E-state index in [-0.39, 0.29) is 0 Å². The highest BCUT2D eigenvalue weighted by atomic mass is 32.1. The summed E-state index contributed by atoms with van der Waals surface area (Å²) in [4.78, 5) is 5.80. The monoisotopic (exact) mass is 258 g/mol. The number of hydrogen-bond acceptors (Lipinski definition) is 4. The Morgan fingerprint density at radius 3 is 2.78 bits per heavy atom. The number of nitrogens with zero attached hydrogens (tertiary/aromatic N) is 3. The fourth-order valence-corrected chi connectivity index (χ4v) is 2.92. The number of hydrogen-bond donors (Lipinski definition) is 1. The summed E-state index contributed by atoms with van der Waals surface area (Å²) >= 11 is 1.71. The molecule has 0 radical (unpaired) electrons. The molecular weight excluding hydrogens is 244 g/mol. The quantitative estimate of drug-likeness (QED) is 0.769. The van der Waals surface area contributed by atoms with Crippen LogP contribution in [0.3, 0.4) is 0 Å². The molecule has 3 rings (SSSR count). The minimum atomic E-state index is 0.579. The van der Waals surface area contributed by atoms with Gasteiger partial charge in [-0.05, 0) is 26.0 Å². The molecule has 1 aromatic carbocycles. The van der Waals surface area contributed by atoms with E-state index in [2.05, 4.69) is 17.0 Å². The van der Waals surface area contributed by atoms with E-state index < -0.39 is 0 Å². The van der Waals surface area contributed by atoms with Crippen LogP contribution < -0.4 is 5.73 Å². The van der Waals surface area contributed by atoms with Gasteiger partial charge in [-0.25, -0.2) is 4.98 Å². The van der Waals surface area contributed by atoms with E-state index in [1.807, 2.05) is 35.9 Å². The summed E-state index contributed by atoms with van der Waals surface area (Å²) in [7, 11) is 0. The second kappa shape index (κ2) is 4.10. The molecule has 0 saturated carbocycles. The fraction of sp³-hybridized carbons (Fsp3) is 0.231. The molecule has 0 amide bonds. The lowest BCUT2D eigenvalue weighted by Gasteiger charge is -1.99. The van der Waals surface area contributed by atoms with E-state index >= 15 is 0 Å². The molecule has 0 aliphatic rings. The predicted molar refractivity (Wildman–Crippen MR) is 74.8 cm³/mol. The van der Waals surface area contributed by atoms with Crippen LogP contribution in [0.5, 0.6) is 0 Å². The molecule has 0 aliphatic heterocycles. The number of anilines is 1. The summed E-state index contributed by atoms with van der Waals surface area (Å²) in [6.07, 6.45) is 0. The number of rotatable bonds is 2. The lowest BCUT2D eigenvalue weighted by Crippen LogP contribution is -2.01. The van der Waals surface area contributed by atoms with Crippen LogP contribution in [-0.2, 0) is 6.54 Å². The summed E-state index contributed by atoms with van der Waals surface area (Å²) in [6.45, 7) is 4.80. The number of nitrogen functional groups attached to an aromatic ring is 1. The van der Waals surface area contributed by atoms with Gasteiger partial charge in [-0.2, -0.15) is 5.10 Å². The third kappa shape index (κ3) is 1.76. The molecule has 2 N–H and O–H groups in total. The molecule has 2 aromatic heterocycles. The number of aryl methyl sites for hydroxylation is 2. The highest BCUT2D eigenvalue weighted by Gasteiger charge is 2.10. The summed E-state index contributed by atoms with van der Waals surface area (Å²) in [5, 5.41) is 6.46. The first-order valence-electron chi connectivity index (χ1n) is 5.79. The molecule has 0 unspecified atom stereocenters. The van der Waals surface area contributed by atoms with Crippen molar-refractivity contribution in [3.05, 3.63) is 39.8 Å². The van der Waals surface area contributed by atoms with Crippen molar-refractivity contribution < 1.29 is 0 Å². The minimum absolute atomic E-state index is 0.579. The van der Waals surface area contributed by atoms with Gasteiger partial charge in [0.25, 0.3) is 0 Å². The summed E-state index contributed by atoms with van der Waals surface area (Å²) in [5.41, 5.74) is 8.07. The van der Waals surface area contributed by atoms with E-state index in [9.17, 15) is 0 Å². The molecule has 0 fully saturated rings. The Kier molecular flexibility index (Phi) is 2.56. The molecule has 2 heterocycles. The topological polar surface area (TPSA) is 56.7 Å². The predicted octanol–water partition coefficient (Wildman–Crippen LogP) is 2.74. The van der Waals surface area contributed by atoms with Crippen molar-refractivity contribution in [3.63, 3.8) is 0 Å². The zero-order chi connectivity index (χ0) is 12.7. The van der Waals surface area contributed by atoms with Gasteiger partial charge in [0.2, 0.25) is 0 Å². The zero-order valence-corrected chi connectivity index (χ0v) is 11.2. The first-order valence-corrected chi connectivity index (χ1v) is 6.60. The van der Waals surface area contributed by atoms with Crippen LogP contribution in [0.15, 0.2) is 24.3 Å². The summed E-state index contributed by atoms with van der Waals surface area (Å²) < 4.78 is 1.92. The first-order chi connectivity index (χ1) is 8.65. The number of fused-ring (bicyclic) bond motifs is 1. The smallest absolute Gasteiger partial charge is 0.153 e. The van der Waals surface area contributed by atoms with Crippen LogP contribution in [0.1, 0.15) is 15.6 Å². The Hall–Kier alpha value is -1.88. The molecule has 4 nitrogen and oxygen atoms in total. The van der Waals surface area contributed by atoms with Crippen molar-refractivity contribution in [2.75, 3.05) is 5.73 Å². The van der Waals surface area contributed by atoms with Gasteiger partial charge in [0.15, 0.2) is 5.82 Å². The molecule has 0 spiro atoms. The van der Waals surface area contributed by atoms with Gasteiger partial charge in [-0.1, -0.05) is 12.1 Å². The van der Waals surface area contributed by atoms with Gasteiger partial charge in [-0.15, -0.1) is 11.3 Å². The molecule has 92 valence electrons. The van der Waals surface area contributed by atoms with Gasteiger partial charge < -0.3 is 5.73 Å².